The number of pyridine rings is 2. The van der Waals surface area contributed by atoms with Crippen LogP contribution in [0.1, 0.15) is 17.1 Å². The number of fused-ring (bicyclic) bond motifs is 1. The fourth-order valence-electron chi connectivity index (χ4n) is 2.41. The molecule has 0 amide bonds. The molecule has 3 aromatic heterocycles. The van der Waals surface area contributed by atoms with Crippen LogP contribution in [0.4, 0.5) is 13.2 Å². The quantitative estimate of drug-likeness (QED) is 0.743. The lowest BCUT2D eigenvalue weighted by molar-refractivity contribution is -0.140. The minimum Gasteiger partial charge on any atom is -0.497 e. The number of alkyl halides is 3. The van der Waals surface area contributed by atoms with E-state index in [9.17, 15) is 13.2 Å². The Bertz CT molecular complexity index is 858. The average molecular weight is 322 g/mol. The summed E-state index contributed by atoms with van der Waals surface area (Å²) < 4.78 is 45.8. The Morgan fingerprint density at radius 1 is 1.26 bits per heavy atom. The summed E-state index contributed by atoms with van der Waals surface area (Å²) in [7, 11) is 1.52. The van der Waals surface area contributed by atoms with Gasteiger partial charge in [0.25, 0.3) is 0 Å². The third kappa shape index (κ3) is 2.96. The van der Waals surface area contributed by atoms with Crippen molar-refractivity contribution in [3.63, 3.8) is 0 Å². The van der Waals surface area contributed by atoms with Crippen LogP contribution in [-0.4, -0.2) is 26.9 Å². The lowest BCUT2D eigenvalue weighted by atomic mass is 10.2. The maximum Gasteiger partial charge on any atom is 0.435 e. The molecular weight excluding hydrogens is 309 g/mol. The predicted octanol–water partition coefficient (Wildman–Crippen LogP) is 3.21. The molecule has 120 valence electrons. The molecule has 5 nitrogen and oxygen atoms in total. The summed E-state index contributed by atoms with van der Waals surface area (Å²) in [4.78, 5) is 8.08. The van der Waals surface area contributed by atoms with Gasteiger partial charge in [-0.05, 0) is 13.0 Å². The number of hydrogen-bond donors (Lipinski definition) is 0. The zero-order valence-electron chi connectivity index (χ0n) is 12.4. The first kappa shape index (κ1) is 15.3. The third-order valence-electron chi connectivity index (χ3n) is 3.35. The maximum absolute atomic E-state index is 13.1. The van der Waals surface area contributed by atoms with Gasteiger partial charge in [-0.25, -0.2) is 0 Å². The highest BCUT2D eigenvalue weighted by atomic mass is 19.4. The number of aromatic nitrogens is 4. The second-order valence-corrected chi connectivity index (χ2v) is 5.04. The molecule has 0 saturated carbocycles. The zero-order valence-corrected chi connectivity index (χ0v) is 12.4. The molecule has 23 heavy (non-hydrogen) atoms. The van der Waals surface area contributed by atoms with Gasteiger partial charge in [0.1, 0.15) is 5.75 Å². The summed E-state index contributed by atoms with van der Waals surface area (Å²) >= 11 is 0. The highest BCUT2D eigenvalue weighted by molar-refractivity contribution is 5.81. The SMILES string of the molecule is COc1cc(C)nc(Cn2nc(C(F)(F)F)c3cnccc32)c1. The maximum atomic E-state index is 13.1. The first-order valence-electron chi connectivity index (χ1n) is 6.78. The number of nitrogens with zero attached hydrogens (tertiary/aromatic N) is 4. The number of ether oxygens (including phenoxy) is 1. The van der Waals surface area contributed by atoms with Crippen LogP contribution < -0.4 is 4.74 Å². The molecule has 0 unspecified atom stereocenters. The summed E-state index contributed by atoms with van der Waals surface area (Å²) in [5.74, 6) is 0.599. The minimum absolute atomic E-state index is 0.0281. The third-order valence-corrected chi connectivity index (χ3v) is 3.35. The van der Waals surface area contributed by atoms with Gasteiger partial charge in [-0.2, -0.15) is 18.3 Å². The van der Waals surface area contributed by atoms with Crippen molar-refractivity contribution in [2.75, 3.05) is 7.11 Å². The van der Waals surface area contributed by atoms with Crippen LogP contribution >= 0.6 is 0 Å². The van der Waals surface area contributed by atoms with Gasteiger partial charge < -0.3 is 4.74 Å². The van der Waals surface area contributed by atoms with Crippen LogP contribution in [0.5, 0.6) is 5.75 Å². The van der Waals surface area contributed by atoms with E-state index >= 15 is 0 Å². The van der Waals surface area contributed by atoms with Gasteiger partial charge in [0.2, 0.25) is 0 Å². The molecule has 0 atom stereocenters. The number of methoxy groups -OCH3 is 1. The Labute approximate surface area is 129 Å². The lowest BCUT2D eigenvalue weighted by Gasteiger charge is -2.07. The summed E-state index contributed by atoms with van der Waals surface area (Å²) in [5.41, 5.74) is 0.695. The molecular formula is C15H13F3N4O. The van der Waals surface area contributed by atoms with Crippen molar-refractivity contribution in [2.45, 2.75) is 19.6 Å². The molecule has 0 bridgehead atoms. The molecule has 3 aromatic rings. The smallest absolute Gasteiger partial charge is 0.435 e. The Hall–Kier alpha value is -2.64. The highest BCUT2D eigenvalue weighted by Gasteiger charge is 2.36. The average Bonchev–Trinajstić information content (AvgIpc) is 2.86. The van der Waals surface area contributed by atoms with Crippen molar-refractivity contribution < 1.29 is 17.9 Å². The molecule has 0 saturated heterocycles. The van der Waals surface area contributed by atoms with Gasteiger partial charge in [-0.1, -0.05) is 0 Å². The summed E-state index contributed by atoms with van der Waals surface area (Å²) in [6.45, 7) is 1.90. The second-order valence-electron chi connectivity index (χ2n) is 5.04. The Morgan fingerprint density at radius 3 is 2.74 bits per heavy atom. The first-order valence-corrected chi connectivity index (χ1v) is 6.78. The van der Waals surface area contributed by atoms with E-state index in [0.29, 0.717) is 22.7 Å². The van der Waals surface area contributed by atoms with Crippen LogP contribution in [0.25, 0.3) is 10.9 Å². The van der Waals surface area contributed by atoms with Gasteiger partial charge in [0.15, 0.2) is 5.69 Å². The van der Waals surface area contributed by atoms with Gasteiger partial charge in [0.05, 0.1) is 30.3 Å². The van der Waals surface area contributed by atoms with Crippen LogP contribution in [0.2, 0.25) is 0 Å². The monoisotopic (exact) mass is 322 g/mol. The molecule has 0 spiro atoms. The molecule has 0 fully saturated rings. The molecule has 3 heterocycles. The largest absolute Gasteiger partial charge is 0.497 e. The molecule has 0 aromatic carbocycles. The van der Waals surface area contributed by atoms with Crippen LogP contribution in [-0.2, 0) is 12.7 Å². The number of halogens is 3. The van der Waals surface area contributed by atoms with E-state index in [1.807, 2.05) is 0 Å². The van der Waals surface area contributed by atoms with Gasteiger partial charge in [-0.3, -0.25) is 14.6 Å². The van der Waals surface area contributed by atoms with Crippen molar-refractivity contribution in [3.05, 3.63) is 47.7 Å². The van der Waals surface area contributed by atoms with Crippen LogP contribution in [0.3, 0.4) is 0 Å². The fraction of sp³-hybridized carbons (Fsp3) is 0.267. The molecule has 0 radical (unpaired) electrons. The Morgan fingerprint density at radius 2 is 2.04 bits per heavy atom. The number of aryl methyl sites for hydroxylation is 1. The lowest BCUT2D eigenvalue weighted by Crippen LogP contribution is -2.09. The van der Waals surface area contributed by atoms with Crippen molar-refractivity contribution >= 4 is 10.9 Å². The normalized spacial score (nSPS) is 11.9. The fourth-order valence-corrected chi connectivity index (χ4v) is 2.41. The van der Waals surface area contributed by atoms with Crippen LogP contribution in [0.15, 0.2) is 30.6 Å². The summed E-state index contributed by atoms with van der Waals surface area (Å²) in [5, 5.41) is 3.68. The second kappa shape index (κ2) is 5.53. The predicted molar refractivity (Wildman–Crippen MR) is 77.2 cm³/mol. The van der Waals surface area contributed by atoms with Crippen molar-refractivity contribution in [1.29, 1.82) is 0 Å². The Balaban J connectivity index is 2.09. The van der Waals surface area contributed by atoms with E-state index in [1.165, 1.54) is 30.3 Å². The van der Waals surface area contributed by atoms with Gasteiger partial charge in [0, 0.05) is 30.2 Å². The topological polar surface area (TPSA) is 52.8 Å². The minimum atomic E-state index is -4.54. The molecule has 3 rings (SSSR count). The molecule has 8 heteroatoms. The molecule has 0 N–H and O–H groups in total. The van der Waals surface area contributed by atoms with E-state index < -0.39 is 11.9 Å². The summed E-state index contributed by atoms with van der Waals surface area (Å²) in [6, 6.07) is 4.93. The first-order chi connectivity index (χ1) is 10.9. The summed E-state index contributed by atoms with van der Waals surface area (Å²) in [6.07, 6.45) is -1.93. The van der Waals surface area contributed by atoms with Gasteiger partial charge in [-0.15, -0.1) is 0 Å². The van der Waals surface area contributed by atoms with E-state index in [-0.39, 0.29) is 11.9 Å². The van der Waals surface area contributed by atoms with E-state index in [4.69, 9.17) is 4.74 Å². The van der Waals surface area contributed by atoms with Crippen molar-refractivity contribution in [2.24, 2.45) is 0 Å². The number of rotatable bonds is 3. The van der Waals surface area contributed by atoms with Gasteiger partial charge >= 0.3 is 6.18 Å². The van der Waals surface area contributed by atoms with E-state index in [2.05, 4.69) is 15.1 Å². The van der Waals surface area contributed by atoms with E-state index in [1.54, 1.807) is 19.1 Å². The number of hydrogen-bond acceptors (Lipinski definition) is 4. The molecule has 0 aliphatic heterocycles. The zero-order chi connectivity index (χ0) is 16.6. The van der Waals surface area contributed by atoms with Crippen molar-refractivity contribution in [3.8, 4) is 5.75 Å². The van der Waals surface area contributed by atoms with Crippen molar-refractivity contribution in [1.82, 2.24) is 19.7 Å². The van der Waals surface area contributed by atoms with Crippen LogP contribution in [0, 0.1) is 6.92 Å². The Kier molecular flexibility index (Phi) is 3.67. The highest BCUT2D eigenvalue weighted by Crippen LogP contribution is 2.33. The molecule has 0 aliphatic carbocycles. The molecule has 0 aliphatic rings. The van der Waals surface area contributed by atoms with E-state index in [0.717, 1.165) is 0 Å². The standard InChI is InChI=1S/C15H13F3N4O/c1-9-5-11(23-2)6-10(20-9)8-22-13-3-4-19-7-12(13)14(21-22)15(16,17)18/h3-7H,8H2,1-2H3.